The van der Waals surface area contributed by atoms with Gasteiger partial charge in [-0.05, 0) is 33.7 Å². The number of amides is 2. The van der Waals surface area contributed by atoms with Crippen LogP contribution in [0.2, 0.25) is 0 Å². The Morgan fingerprint density at radius 1 is 0.707 bits per heavy atom. The highest BCUT2D eigenvalue weighted by molar-refractivity contribution is 5.77. The van der Waals surface area contributed by atoms with E-state index in [0.29, 0.717) is 59.2 Å². The molecule has 0 saturated carbocycles. The molecule has 2 N–H and O–H groups in total. The highest BCUT2D eigenvalue weighted by Gasteiger charge is 2.21. The summed E-state index contributed by atoms with van der Waals surface area (Å²) >= 11 is 0. The Morgan fingerprint density at radius 2 is 1.22 bits per heavy atom. The number of hydrogen-bond donors (Lipinski definition) is 2. The fraction of sp³-hybridized carbons (Fsp3) is 0.935. The molecule has 0 spiro atoms. The molecular formula is C31H63N3O7. The Bertz CT molecular complexity index is 617. The molecule has 0 aromatic carbocycles. The van der Waals surface area contributed by atoms with Crippen LogP contribution in [0, 0.1) is 0 Å². The lowest BCUT2D eigenvalue weighted by Gasteiger charge is -2.27. The van der Waals surface area contributed by atoms with Gasteiger partial charge >= 0.3 is 6.09 Å². The van der Waals surface area contributed by atoms with Crippen LogP contribution in [0.1, 0.15) is 98.8 Å². The molecule has 0 aromatic heterocycles. The predicted molar refractivity (Wildman–Crippen MR) is 164 cm³/mol. The molecule has 244 valence electrons. The molecule has 0 aliphatic carbocycles. The maximum Gasteiger partial charge on any atom is 0.410 e. The maximum atomic E-state index is 12.4. The Morgan fingerprint density at radius 3 is 1.73 bits per heavy atom. The zero-order valence-electron chi connectivity index (χ0n) is 27.1. The number of unbranched alkanes of at least 4 members (excludes halogenated alkanes) is 9. The topological polar surface area (TPSA) is 110 Å². The molecule has 41 heavy (non-hydrogen) atoms. The van der Waals surface area contributed by atoms with Crippen molar-refractivity contribution in [3.63, 3.8) is 0 Å². The fourth-order valence-electron chi connectivity index (χ4n) is 4.10. The van der Waals surface area contributed by atoms with Crippen molar-refractivity contribution in [2.75, 3.05) is 85.5 Å². The van der Waals surface area contributed by atoms with Crippen molar-refractivity contribution in [3.8, 4) is 0 Å². The predicted octanol–water partition coefficient (Wildman–Crippen LogP) is 4.62. The number of nitrogens with zero attached hydrogens (tertiary/aromatic N) is 2. The van der Waals surface area contributed by atoms with Crippen molar-refractivity contribution in [2.45, 2.75) is 104 Å². The Balaban J connectivity index is 3.89. The number of likely N-dealkylation sites (N-methyl/N-ethyl adjacent to an activating group) is 1. The Kier molecular flexibility index (Phi) is 26.4. The molecule has 0 unspecified atom stereocenters. The summed E-state index contributed by atoms with van der Waals surface area (Å²) in [5.41, 5.74) is -0.588. The van der Waals surface area contributed by atoms with Gasteiger partial charge in [0.25, 0.3) is 0 Å². The van der Waals surface area contributed by atoms with Gasteiger partial charge in [-0.25, -0.2) is 4.79 Å². The second kappa shape index (κ2) is 27.4. The van der Waals surface area contributed by atoms with Crippen molar-refractivity contribution >= 4 is 12.0 Å². The largest absolute Gasteiger partial charge is 0.444 e. The second-order valence-corrected chi connectivity index (χ2v) is 11.4. The van der Waals surface area contributed by atoms with Gasteiger partial charge in [-0.1, -0.05) is 71.6 Å². The van der Waals surface area contributed by atoms with Gasteiger partial charge in [0, 0.05) is 26.2 Å². The summed E-state index contributed by atoms with van der Waals surface area (Å²) in [6.07, 6.45) is 12.5. The second-order valence-electron chi connectivity index (χ2n) is 11.4. The third kappa shape index (κ3) is 27.1. The van der Waals surface area contributed by atoms with Gasteiger partial charge in [0.05, 0.1) is 52.8 Å². The quantitative estimate of drug-likeness (QED) is 0.127. The van der Waals surface area contributed by atoms with E-state index in [9.17, 15) is 9.59 Å². The number of aliphatic hydroxyl groups excluding tert-OH is 1. The lowest BCUT2D eigenvalue weighted by atomic mass is 10.1. The van der Waals surface area contributed by atoms with Crippen LogP contribution >= 0.6 is 0 Å². The molecule has 0 aliphatic heterocycles. The first kappa shape index (κ1) is 39.5. The van der Waals surface area contributed by atoms with Crippen molar-refractivity contribution in [3.05, 3.63) is 0 Å². The lowest BCUT2D eigenvalue weighted by Crippen LogP contribution is -2.40. The summed E-state index contributed by atoms with van der Waals surface area (Å²) in [6, 6.07) is 0. The Hall–Kier alpha value is -1.46. The standard InChI is InChI=1S/C31H63N3O7/c1-6-8-9-10-11-12-13-14-15-16-17-32-29(36)28-33(7-2)18-22-39-26-27-40-24-20-34(19-23-38-25-21-35)30(37)41-31(3,4)5/h35H,6-28H2,1-5H3,(H,32,36). The van der Waals surface area contributed by atoms with E-state index in [1.54, 1.807) is 4.90 Å². The van der Waals surface area contributed by atoms with E-state index in [-0.39, 0.29) is 19.1 Å². The summed E-state index contributed by atoms with van der Waals surface area (Å²) in [6.45, 7) is 15.3. The van der Waals surface area contributed by atoms with Gasteiger partial charge in [0.15, 0.2) is 0 Å². The number of carbonyl (C=O) groups excluding carboxylic acids is 2. The summed E-state index contributed by atoms with van der Waals surface area (Å²) in [4.78, 5) is 28.3. The van der Waals surface area contributed by atoms with Crippen LogP contribution < -0.4 is 5.32 Å². The van der Waals surface area contributed by atoms with Gasteiger partial charge < -0.3 is 34.3 Å². The van der Waals surface area contributed by atoms with Crippen LogP contribution in [0.25, 0.3) is 0 Å². The van der Waals surface area contributed by atoms with E-state index >= 15 is 0 Å². The summed E-state index contributed by atoms with van der Waals surface area (Å²) in [5, 5.41) is 11.9. The van der Waals surface area contributed by atoms with Gasteiger partial charge in [-0.15, -0.1) is 0 Å². The molecule has 0 bridgehead atoms. The summed E-state index contributed by atoms with van der Waals surface area (Å²) in [5.74, 6) is 0.0717. The van der Waals surface area contributed by atoms with Gasteiger partial charge in [0.2, 0.25) is 5.91 Å². The highest BCUT2D eigenvalue weighted by atomic mass is 16.6. The van der Waals surface area contributed by atoms with Crippen LogP contribution in [-0.4, -0.2) is 118 Å². The third-order valence-corrected chi connectivity index (χ3v) is 6.49. The molecule has 2 amide bonds. The van der Waals surface area contributed by atoms with E-state index < -0.39 is 11.7 Å². The number of carbonyl (C=O) groups is 2. The van der Waals surface area contributed by atoms with Crippen molar-refractivity contribution in [2.24, 2.45) is 0 Å². The minimum Gasteiger partial charge on any atom is -0.444 e. The first-order chi connectivity index (χ1) is 19.7. The first-order valence-electron chi connectivity index (χ1n) is 16.0. The van der Waals surface area contributed by atoms with Crippen LogP contribution in [0.4, 0.5) is 4.79 Å². The Labute approximate surface area is 250 Å². The molecular weight excluding hydrogens is 526 g/mol. The summed E-state index contributed by atoms with van der Waals surface area (Å²) in [7, 11) is 0. The van der Waals surface area contributed by atoms with Crippen LogP contribution in [0.15, 0.2) is 0 Å². The van der Waals surface area contributed by atoms with Gasteiger partial charge in [-0.2, -0.15) is 0 Å². The number of ether oxygens (including phenoxy) is 4. The van der Waals surface area contributed by atoms with Crippen LogP contribution in [0.3, 0.4) is 0 Å². The molecule has 0 saturated heterocycles. The molecule has 0 fully saturated rings. The fourth-order valence-corrected chi connectivity index (χ4v) is 4.10. The van der Waals surface area contributed by atoms with Crippen molar-refractivity contribution in [1.29, 1.82) is 0 Å². The lowest BCUT2D eigenvalue weighted by molar-refractivity contribution is -0.122. The van der Waals surface area contributed by atoms with E-state index in [0.717, 1.165) is 19.5 Å². The molecule has 0 heterocycles. The molecule has 0 rings (SSSR count). The van der Waals surface area contributed by atoms with Crippen molar-refractivity contribution < 1.29 is 33.6 Å². The van der Waals surface area contributed by atoms with E-state index in [2.05, 4.69) is 17.1 Å². The first-order valence-corrected chi connectivity index (χ1v) is 16.0. The zero-order chi connectivity index (χ0) is 30.6. The molecule has 0 radical (unpaired) electrons. The molecule has 10 nitrogen and oxygen atoms in total. The SMILES string of the molecule is CCCCCCCCCCCCNC(=O)CN(CC)CCOCCOCCN(CCOCCO)C(=O)OC(C)(C)C. The molecule has 0 aromatic rings. The monoisotopic (exact) mass is 589 g/mol. The normalized spacial score (nSPS) is 11.7. The number of aliphatic hydroxyl groups is 1. The maximum absolute atomic E-state index is 12.4. The van der Waals surface area contributed by atoms with E-state index in [1.807, 2.05) is 27.7 Å². The van der Waals surface area contributed by atoms with Crippen molar-refractivity contribution in [1.82, 2.24) is 15.1 Å². The van der Waals surface area contributed by atoms with Gasteiger partial charge in [0.1, 0.15) is 5.60 Å². The molecule has 10 heteroatoms. The summed E-state index contributed by atoms with van der Waals surface area (Å²) < 4.78 is 22.1. The average molecular weight is 590 g/mol. The van der Waals surface area contributed by atoms with Crippen LogP contribution in [-0.2, 0) is 23.7 Å². The molecule has 0 atom stereocenters. The van der Waals surface area contributed by atoms with E-state index in [1.165, 1.54) is 57.8 Å². The third-order valence-electron chi connectivity index (χ3n) is 6.49. The number of hydrogen-bond acceptors (Lipinski definition) is 8. The number of nitrogens with one attached hydrogen (secondary N) is 1. The van der Waals surface area contributed by atoms with E-state index in [4.69, 9.17) is 24.1 Å². The average Bonchev–Trinajstić information content (AvgIpc) is 2.92. The van der Waals surface area contributed by atoms with Crippen LogP contribution in [0.5, 0.6) is 0 Å². The highest BCUT2D eigenvalue weighted by Crippen LogP contribution is 2.11. The van der Waals surface area contributed by atoms with Gasteiger partial charge in [-0.3, -0.25) is 9.69 Å². The smallest absolute Gasteiger partial charge is 0.410 e. The minimum atomic E-state index is -0.588. The zero-order valence-corrected chi connectivity index (χ0v) is 27.1. The number of rotatable bonds is 28. The minimum absolute atomic E-state index is 0.0573. The molecule has 0 aliphatic rings.